The zero-order valence-electron chi connectivity index (χ0n) is 27.4. The number of ether oxygens (including phenoxy) is 1. The number of benzene rings is 2. The van der Waals surface area contributed by atoms with E-state index in [2.05, 4.69) is 17.3 Å². The molecule has 1 aliphatic heterocycles. The molecular formula is C33H48N3NaO6S. The number of hydrazone groups is 1. The van der Waals surface area contributed by atoms with Gasteiger partial charge in [0.05, 0.1) is 12.1 Å². The molecule has 11 heteroatoms. The summed E-state index contributed by atoms with van der Waals surface area (Å²) >= 11 is 0. The van der Waals surface area contributed by atoms with Crippen molar-refractivity contribution in [3.05, 3.63) is 48.5 Å². The van der Waals surface area contributed by atoms with Crippen molar-refractivity contribution in [2.24, 2.45) is 5.10 Å². The summed E-state index contributed by atoms with van der Waals surface area (Å²) < 4.78 is 39.5. The third kappa shape index (κ3) is 13.8. The minimum atomic E-state index is -4.67. The molecule has 238 valence electrons. The molecular weight excluding hydrogens is 589 g/mol. The summed E-state index contributed by atoms with van der Waals surface area (Å²) in [4.78, 5) is 24.6. The maximum Gasteiger partial charge on any atom is 1.00 e. The van der Waals surface area contributed by atoms with Crippen LogP contribution < -0.4 is 44.6 Å². The van der Waals surface area contributed by atoms with E-state index in [0.29, 0.717) is 12.2 Å². The fourth-order valence-corrected chi connectivity index (χ4v) is 5.74. The van der Waals surface area contributed by atoms with E-state index in [1.165, 1.54) is 89.2 Å². The smallest absolute Gasteiger partial charge is 1.00 e. The summed E-state index contributed by atoms with van der Waals surface area (Å²) in [7, 11) is -4.67. The summed E-state index contributed by atoms with van der Waals surface area (Å²) in [5.74, 6) is -0.137. The van der Waals surface area contributed by atoms with Gasteiger partial charge in [0.15, 0.2) is 0 Å². The van der Waals surface area contributed by atoms with Crippen molar-refractivity contribution >= 4 is 33.5 Å². The van der Waals surface area contributed by atoms with Crippen LogP contribution in [-0.4, -0.2) is 30.6 Å². The normalized spacial score (nSPS) is 13.0. The minimum absolute atomic E-state index is 0. The molecule has 0 saturated carbocycles. The molecule has 3 rings (SSSR count). The SMILES string of the molecule is CCCCCCCCCCCCCCCCCC(=O)NC1=NN(c2ccc(Oc3ccccc3)c(S(=O)(=O)O)c2)C(=O)C1.[H-].[Na+]. The van der Waals surface area contributed by atoms with Gasteiger partial charge in [-0.2, -0.15) is 18.5 Å². The number of rotatable bonds is 20. The Balaban J connectivity index is 0.00000506. The van der Waals surface area contributed by atoms with E-state index in [9.17, 15) is 22.6 Å². The van der Waals surface area contributed by atoms with Gasteiger partial charge in [0.25, 0.3) is 16.0 Å². The molecule has 9 nitrogen and oxygen atoms in total. The topological polar surface area (TPSA) is 125 Å². The quantitative estimate of drug-likeness (QED) is 0.116. The van der Waals surface area contributed by atoms with E-state index in [1.54, 1.807) is 30.3 Å². The van der Waals surface area contributed by atoms with E-state index in [1.807, 2.05) is 0 Å². The van der Waals surface area contributed by atoms with Crippen molar-refractivity contribution in [1.29, 1.82) is 0 Å². The van der Waals surface area contributed by atoms with Gasteiger partial charge in [-0.05, 0) is 36.8 Å². The van der Waals surface area contributed by atoms with Crippen LogP contribution in [0.1, 0.15) is 118 Å². The van der Waals surface area contributed by atoms with Gasteiger partial charge in [0.2, 0.25) is 5.91 Å². The average molecular weight is 638 g/mol. The largest absolute Gasteiger partial charge is 1.00 e. The van der Waals surface area contributed by atoms with Gasteiger partial charge in [-0.1, -0.05) is 115 Å². The second kappa shape index (κ2) is 20.7. The number of unbranched alkanes of at least 4 members (excludes halogenated alkanes) is 14. The van der Waals surface area contributed by atoms with E-state index >= 15 is 0 Å². The number of carbonyl (C=O) groups excluding carboxylic acids is 2. The van der Waals surface area contributed by atoms with E-state index in [4.69, 9.17) is 4.74 Å². The Morgan fingerprint density at radius 1 is 0.886 bits per heavy atom. The van der Waals surface area contributed by atoms with Gasteiger partial charge in [-0.3, -0.25) is 14.1 Å². The molecule has 2 aromatic carbocycles. The van der Waals surface area contributed by atoms with Crippen molar-refractivity contribution < 1.29 is 58.3 Å². The molecule has 1 heterocycles. The summed E-state index contributed by atoms with van der Waals surface area (Å²) in [6.45, 7) is 2.25. The number of amidine groups is 1. The van der Waals surface area contributed by atoms with Crippen molar-refractivity contribution in [2.75, 3.05) is 5.01 Å². The van der Waals surface area contributed by atoms with Crippen molar-refractivity contribution in [2.45, 2.75) is 121 Å². The van der Waals surface area contributed by atoms with Gasteiger partial charge in [-0.25, -0.2) is 0 Å². The molecule has 0 spiro atoms. The number of nitrogens with zero attached hydrogens (tertiary/aromatic N) is 2. The van der Waals surface area contributed by atoms with E-state index in [-0.39, 0.29) is 60.6 Å². The molecule has 0 saturated heterocycles. The van der Waals surface area contributed by atoms with Gasteiger partial charge in [0, 0.05) is 6.42 Å². The molecule has 2 amide bonds. The standard InChI is InChI=1S/C33H47N3O6S.Na.H/c1-2-3-4-5-6-7-8-9-10-11-12-13-14-15-19-22-32(37)34-31-26-33(38)36(35-31)27-23-24-29(30(25-27)43(39,40)41)42-28-20-17-16-18-21-28;;/h16-18,20-21,23-25H,2-15,19,22,26H2,1H3,(H,34,35,37)(H,39,40,41);;/q;+1;-1. The second-order valence-corrected chi connectivity index (χ2v) is 12.6. The van der Waals surface area contributed by atoms with Gasteiger partial charge in [0.1, 0.15) is 22.2 Å². The number of anilines is 1. The van der Waals surface area contributed by atoms with E-state index in [0.717, 1.165) is 30.3 Å². The predicted molar refractivity (Wildman–Crippen MR) is 171 cm³/mol. The summed E-state index contributed by atoms with van der Waals surface area (Å²) in [5, 5.41) is 7.91. The number of hydrogen-bond donors (Lipinski definition) is 2. The van der Waals surface area contributed by atoms with Crippen LogP contribution in [0.3, 0.4) is 0 Å². The van der Waals surface area contributed by atoms with Crippen molar-refractivity contribution in [1.82, 2.24) is 5.32 Å². The zero-order valence-corrected chi connectivity index (χ0v) is 29.2. The Kier molecular flexibility index (Phi) is 17.9. The maximum atomic E-state index is 12.6. The molecule has 44 heavy (non-hydrogen) atoms. The Hall–Kier alpha value is -2.24. The maximum absolute atomic E-state index is 12.6. The third-order valence-electron chi connectivity index (χ3n) is 7.49. The van der Waals surface area contributed by atoms with Gasteiger partial charge >= 0.3 is 29.6 Å². The molecule has 0 unspecified atom stereocenters. The summed E-state index contributed by atoms with van der Waals surface area (Å²) in [5.41, 5.74) is 0.129. The van der Waals surface area contributed by atoms with Crippen LogP contribution in [0.2, 0.25) is 0 Å². The minimum Gasteiger partial charge on any atom is -1.00 e. The number of hydrogen-bond acceptors (Lipinski definition) is 6. The Bertz CT molecular complexity index is 1310. The number of amides is 2. The first kappa shape index (κ1) is 37.9. The van der Waals surface area contributed by atoms with Crippen LogP contribution in [0.4, 0.5) is 5.69 Å². The number of nitrogens with one attached hydrogen (secondary N) is 1. The van der Waals surface area contributed by atoms with Crippen LogP contribution in [0.25, 0.3) is 0 Å². The Morgan fingerprint density at radius 2 is 1.43 bits per heavy atom. The zero-order chi connectivity index (χ0) is 30.9. The van der Waals surface area contributed by atoms with Gasteiger partial charge < -0.3 is 11.5 Å². The fourth-order valence-electron chi connectivity index (χ4n) is 5.11. The third-order valence-corrected chi connectivity index (χ3v) is 8.36. The fraction of sp³-hybridized carbons (Fsp3) is 0.545. The second-order valence-electron chi connectivity index (χ2n) is 11.2. The molecule has 0 aliphatic carbocycles. The Labute approximate surface area is 286 Å². The number of carbonyl (C=O) groups is 2. The van der Waals surface area contributed by atoms with Crippen LogP contribution in [0, 0.1) is 0 Å². The number of para-hydroxylation sites is 1. The van der Waals surface area contributed by atoms with Crippen molar-refractivity contribution in [3.63, 3.8) is 0 Å². The summed E-state index contributed by atoms with van der Waals surface area (Å²) in [6.07, 6.45) is 19.0. The first-order chi connectivity index (χ1) is 20.8. The van der Waals surface area contributed by atoms with Crippen molar-refractivity contribution in [3.8, 4) is 11.5 Å². The molecule has 0 bridgehead atoms. The van der Waals surface area contributed by atoms with Gasteiger partial charge in [-0.15, -0.1) is 0 Å². The Morgan fingerprint density at radius 3 is 1.98 bits per heavy atom. The van der Waals surface area contributed by atoms with Crippen LogP contribution in [0.5, 0.6) is 11.5 Å². The first-order valence-corrected chi connectivity index (χ1v) is 17.3. The monoisotopic (exact) mass is 637 g/mol. The molecule has 1 aliphatic rings. The molecule has 2 N–H and O–H groups in total. The van der Waals surface area contributed by atoms with E-state index < -0.39 is 20.9 Å². The average Bonchev–Trinajstić information content (AvgIpc) is 3.34. The first-order valence-electron chi connectivity index (χ1n) is 15.8. The molecule has 0 atom stereocenters. The van der Waals surface area contributed by atoms with Crippen LogP contribution in [0.15, 0.2) is 58.5 Å². The molecule has 0 radical (unpaired) electrons. The van der Waals surface area contributed by atoms with Crippen LogP contribution >= 0.6 is 0 Å². The van der Waals surface area contributed by atoms with Crippen LogP contribution in [-0.2, 0) is 19.7 Å². The predicted octanol–water partition coefficient (Wildman–Crippen LogP) is 5.27. The molecule has 0 fully saturated rings. The summed E-state index contributed by atoms with van der Waals surface area (Å²) in [6, 6.07) is 12.5. The molecule has 0 aromatic heterocycles. The molecule has 2 aromatic rings.